The zero-order chi connectivity index (χ0) is 14.9. The Morgan fingerprint density at radius 2 is 2.15 bits per heavy atom. The Balaban J connectivity index is 2.39. The van der Waals surface area contributed by atoms with Gasteiger partial charge in [-0.3, -0.25) is 10.1 Å². The van der Waals surface area contributed by atoms with Gasteiger partial charge in [-0.2, -0.15) is 0 Å². The fourth-order valence-electron chi connectivity index (χ4n) is 2.14. The maximum atomic E-state index is 11.4. The number of nitrogens with one attached hydrogen (secondary N) is 1. The molecule has 8 nitrogen and oxygen atoms in total. The molecule has 0 aliphatic carbocycles. The Morgan fingerprint density at radius 1 is 1.45 bits per heavy atom. The highest BCUT2D eigenvalue weighted by atomic mass is 32.2. The van der Waals surface area contributed by atoms with Gasteiger partial charge in [0.25, 0.3) is 5.69 Å². The molecule has 108 valence electrons. The number of nitro benzene ring substituents is 1. The first-order valence-corrected chi connectivity index (χ1v) is 7.60. The van der Waals surface area contributed by atoms with Crippen LogP contribution in [0.3, 0.4) is 0 Å². The van der Waals surface area contributed by atoms with Gasteiger partial charge < -0.3 is 10.4 Å². The van der Waals surface area contributed by atoms with Crippen molar-refractivity contribution in [2.75, 3.05) is 16.8 Å². The summed E-state index contributed by atoms with van der Waals surface area (Å²) in [5.41, 5.74) is -0.773. The maximum absolute atomic E-state index is 11.4. The molecule has 1 aliphatic rings. The molecule has 1 heterocycles. The average Bonchev–Trinajstić information content (AvgIpc) is 2.68. The van der Waals surface area contributed by atoms with Crippen LogP contribution in [-0.2, 0) is 9.84 Å². The van der Waals surface area contributed by atoms with Gasteiger partial charge in [0.05, 0.1) is 22.0 Å². The van der Waals surface area contributed by atoms with E-state index in [2.05, 4.69) is 5.32 Å². The molecular weight excluding hydrogens is 288 g/mol. The topological polar surface area (TPSA) is 127 Å². The lowest BCUT2D eigenvalue weighted by Gasteiger charge is -2.14. The fourth-order valence-corrected chi connectivity index (χ4v) is 3.81. The van der Waals surface area contributed by atoms with Crippen molar-refractivity contribution in [2.45, 2.75) is 12.5 Å². The van der Waals surface area contributed by atoms with Crippen LogP contribution in [0.5, 0.6) is 0 Å². The maximum Gasteiger partial charge on any atom is 0.338 e. The summed E-state index contributed by atoms with van der Waals surface area (Å²) in [6, 6.07) is 3.18. The second-order valence-corrected chi connectivity index (χ2v) is 6.73. The van der Waals surface area contributed by atoms with Gasteiger partial charge >= 0.3 is 5.97 Å². The zero-order valence-corrected chi connectivity index (χ0v) is 11.1. The van der Waals surface area contributed by atoms with Crippen molar-refractivity contribution in [1.82, 2.24) is 0 Å². The SMILES string of the molecule is O=C(O)c1cccc([N+](=O)[O-])c1NC1CCS(=O)(=O)C1. The van der Waals surface area contributed by atoms with E-state index < -0.39 is 26.8 Å². The number of rotatable bonds is 4. The number of nitro groups is 1. The molecule has 1 aliphatic heterocycles. The number of carboxylic acids is 1. The molecule has 0 spiro atoms. The van der Waals surface area contributed by atoms with Gasteiger partial charge in [0.2, 0.25) is 0 Å². The number of nitrogens with zero attached hydrogens (tertiary/aromatic N) is 1. The van der Waals surface area contributed by atoms with Gasteiger partial charge in [-0.05, 0) is 12.5 Å². The first-order valence-electron chi connectivity index (χ1n) is 5.78. The number of sulfone groups is 1. The minimum atomic E-state index is -3.16. The van der Waals surface area contributed by atoms with Gasteiger partial charge in [-0.25, -0.2) is 13.2 Å². The summed E-state index contributed by atoms with van der Waals surface area (Å²) in [6.45, 7) is 0. The van der Waals surface area contributed by atoms with Crippen molar-refractivity contribution in [3.63, 3.8) is 0 Å². The molecular formula is C11H12N2O6S. The van der Waals surface area contributed by atoms with Crippen LogP contribution in [0.2, 0.25) is 0 Å². The number of aromatic carboxylic acids is 1. The van der Waals surface area contributed by atoms with Crippen molar-refractivity contribution < 1.29 is 23.2 Å². The molecule has 0 amide bonds. The summed E-state index contributed by atoms with van der Waals surface area (Å²) in [6.07, 6.45) is 0.299. The molecule has 0 bridgehead atoms. The number of hydrogen-bond acceptors (Lipinski definition) is 6. The van der Waals surface area contributed by atoms with Crippen LogP contribution in [0, 0.1) is 10.1 Å². The number of carboxylic acid groups (broad SMARTS) is 1. The van der Waals surface area contributed by atoms with E-state index in [0.29, 0.717) is 6.42 Å². The summed E-state index contributed by atoms with van der Waals surface area (Å²) in [7, 11) is -3.16. The predicted octanol–water partition coefficient (Wildman–Crippen LogP) is 0.892. The summed E-state index contributed by atoms with van der Waals surface area (Å²) in [5.74, 6) is -1.47. The lowest BCUT2D eigenvalue weighted by Crippen LogP contribution is -2.22. The van der Waals surface area contributed by atoms with E-state index in [-0.39, 0.29) is 28.4 Å². The Morgan fingerprint density at radius 3 is 2.65 bits per heavy atom. The van der Waals surface area contributed by atoms with E-state index >= 15 is 0 Å². The molecule has 1 saturated heterocycles. The molecule has 0 radical (unpaired) electrons. The lowest BCUT2D eigenvalue weighted by molar-refractivity contribution is -0.384. The van der Waals surface area contributed by atoms with E-state index in [9.17, 15) is 23.3 Å². The Hall–Kier alpha value is -2.16. The van der Waals surface area contributed by atoms with Crippen molar-refractivity contribution in [3.8, 4) is 0 Å². The van der Waals surface area contributed by atoms with Gasteiger partial charge in [0.1, 0.15) is 5.69 Å². The van der Waals surface area contributed by atoms with E-state index in [1.165, 1.54) is 18.2 Å². The van der Waals surface area contributed by atoms with Crippen molar-refractivity contribution >= 4 is 27.2 Å². The monoisotopic (exact) mass is 300 g/mol. The highest BCUT2D eigenvalue weighted by molar-refractivity contribution is 7.91. The van der Waals surface area contributed by atoms with E-state index in [1.54, 1.807) is 0 Å². The number of hydrogen-bond donors (Lipinski definition) is 2. The molecule has 0 aromatic heterocycles. The number of benzene rings is 1. The lowest BCUT2D eigenvalue weighted by atomic mass is 10.1. The van der Waals surface area contributed by atoms with Crippen LogP contribution in [0.4, 0.5) is 11.4 Å². The van der Waals surface area contributed by atoms with E-state index in [0.717, 1.165) is 0 Å². The van der Waals surface area contributed by atoms with Gasteiger partial charge in [-0.1, -0.05) is 6.07 Å². The summed E-state index contributed by atoms with van der Waals surface area (Å²) in [4.78, 5) is 21.4. The van der Waals surface area contributed by atoms with Crippen LogP contribution >= 0.6 is 0 Å². The van der Waals surface area contributed by atoms with Crippen molar-refractivity contribution in [1.29, 1.82) is 0 Å². The fraction of sp³-hybridized carbons (Fsp3) is 0.364. The zero-order valence-electron chi connectivity index (χ0n) is 10.3. The first-order chi connectivity index (χ1) is 9.30. The first kappa shape index (κ1) is 14.3. The average molecular weight is 300 g/mol. The van der Waals surface area contributed by atoms with Gasteiger partial charge in [0.15, 0.2) is 9.84 Å². The Labute approximate surface area is 114 Å². The smallest absolute Gasteiger partial charge is 0.338 e. The Kier molecular flexibility index (Phi) is 3.62. The molecule has 1 unspecified atom stereocenters. The highest BCUT2D eigenvalue weighted by Crippen LogP contribution is 2.30. The van der Waals surface area contributed by atoms with Crippen molar-refractivity contribution in [3.05, 3.63) is 33.9 Å². The third kappa shape index (κ3) is 2.87. The van der Waals surface area contributed by atoms with Crippen LogP contribution in [0.25, 0.3) is 0 Å². The number of carbonyl (C=O) groups is 1. The molecule has 1 fully saturated rings. The molecule has 9 heteroatoms. The van der Waals surface area contributed by atoms with Gasteiger partial charge in [-0.15, -0.1) is 0 Å². The molecule has 1 aromatic rings. The standard InChI is InChI=1S/C11H12N2O6S/c14-11(15)8-2-1-3-9(13(16)17)10(8)12-7-4-5-20(18,19)6-7/h1-3,7,12H,4-6H2,(H,14,15). The van der Waals surface area contributed by atoms with Crippen LogP contribution in [-0.4, -0.2) is 42.0 Å². The van der Waals surface area contributed by atoms with Gasteiger partial charge in [0, 0.05) is 12.1 Å². The van der Waals surface area contributed by atoms with Crippen LogP contribution < -0.4 is 5.32 Å². The Bertz CT molecular complexity index is 637. The highest BCUT2D eigenvalue weighted by Gasteiger charge is 2.31. The normalized spacial score (nSPS) is 20.5. The number of anilines is 1. The van der Waals surface area contributed by atoms with Crippen LogP contribution in [0.15, 0.2) is 18.2 Å². The predicted molar refractivity (Wildman–Crippen MR) is 70.7 cm³/mol. The van der Waals surface area contributed by atoms with E-state index in [1.807, 2.05) is 0 Å². The second-order valence-electron chi connectivity index (χ2n) is 4.51. The van der Waals surface area contributed by atoms with Crippen LogP contribution in [0.1, 0.15) is 16.8 Å². The molecule has 0 saturated carbocycles. The summed E-state index contributed by atoms with van der Waals surface area (Å²) in [5, 5.41) is 22.7. The third-order valence-corrected chi connectivity index (χ3v) is 4.82. The quantitative estimate of drug-likeness (QED) is 0.624. The summed E-state index contributed by atoms with van der Waals surface area (Å²) < 4.78 is 22.8. The minimum absolute atomic E-state index is 0.00625. The molecule has 2 rings (SSSR count). The molecule has 1 aromatic carbocycles. The minimum Gasteiger partial charge on any atom is -0.478 e. The largest absolute Gasteiger partial charge is 0.478 e. The molecule has 20 heavy (non-hydrogen) atoms. The molecule has 1 atom stereocenters. The number of para-hydroxylation sites is 1. The second kappa shape index (κ2) is 5.08. The summed E-state index contributed by atoms with van der Waals surface area (Å²) >= 11 is 0. The third-order valence-electron chi connectivity index (χ3n) is 3.05. The molecule has 2 N–H and O–H groups in total. The van der Waals surface area contributed by atoms with E-state index in [4.69, 9.17) is 5.11 Å². The van der Waals surface area contributed by atoms with Crippen molar-refractivity contribution in [2.24, 2.45) is 0 Å².